The number of ketones is 1. The van der Waals surface area contributed by atoms with Crippen molar-refractivity contribution in [2.24, 2.45) is 5.92 Å². The number of rotatable bonds is 4. The van der Waals surface area contributed by atoms with E-state index in [-0.39, 0.29) is 34.9 Å². The van der Waals surface area contributed by atoms with E-state index in [4.69, 9.17) is 0 Å². The van der Waals surface area contributed by atoms with Gasteiger partial charge in [0.05, 0.1) is 31.3 Å². The molecule has 0 aromatic heterocycles. The van der Waals surface area contributed by atoms with Crippen molar-refractivity contribution in [2.75, 3.05) is 19.5 Å². The topological polar surface area (TPSA) is 128 Å². The molecule has 1 heterocycles. The number of Topliss-reactive ketones (excluding diaryl/α,β-unsaturated/α-hetero) is 1. The molecule has 0 radical (unpaired) electrons. The summed E-state index contributed by atoms with van der Waals surface area (Å²) in [4.78, 5) is 61.1. The van der Waals surface area contributed by atoms with Gasteiger partial charge in [0.25, 0.3) is 0 Å². The number of carbonyl (C=O) groups is 5. The van der Waals surface area contributed by atoms with E-state index in [9.17, 15) is 24.0 Å². The number of esters is 2. The number of amides is 2. The third-order valence-corrected chi connectivity index (χ3v) is 4.84. The van der Waals surface area contributed by atoms with Crippen LogP contribution >= 0.6 is 0 Å². The molecule has 0 spiro atoms. The maximum absolute atomic E-state index is 12.9. The lowest BCUT2D eigenvalue weighted by Crippen LogP contribution is -2.41. The fourth-order valence-electron chi connectivity index (χ4n) is 3.53. The molecule has 9 heteroatoms. The van der Waals surface area contributed by atoms with Gasteiger partial charge in [-0.05, 0) is 31.0 Å². The highest BCUT2D eigenvalue weighted by molar-refractivity contribution is 6.09. The maximum Gasteiger partial charge on any atom is 0.337 e. The Hall–Kier alpha value is -3.49. The first-order chi connectivity index (χ1) is 13.8. The van der Waals surface area contributed by atoms with E-state index in [0.29, 0.717) is 30.5 Å². The number of ether oxygens (including phenoxy) is 2. The molecule has 152 valence electrons. The average molecular weight is 400 g/mol. The molecule has 2 N–H and O–H groups in total. The minimum atomic E-state index is -0.935. The first-order valence-electron chi connectivity index (χ1n) is 9.02. The Morgan fingerprint density at radius 3 is 2.21 bits per heavy atom. The smallest absolute Gasteiger partial charge is 0.337 e. The van der Waals surface area contributed by atoms with Gasteiger partial charge >= 0.3 is 11.9 Å². The van der Waals surface area contributed by atoms with E-state index in [0.717, 1.165) is 0 Å². The molecule has 2 aliphatic rings. The Balaban J connectivity index is 1.93. The number of anilines is 1. The molecule has 0 saturated carbocycles. The summed E-state index contributed by atoms with van der Waals surface area (Å²) in [5.74, 6) is -3.40. The first-order valence-corrected chi connectivity index (χ1v) is 9.02. The van der Waals surface area contributed by atoms with Crippen LogP contribution in [-0.4, -0.2) is 43.8 Å². The molecule has 0 saturated heterocycles. The van der Waals surface area contributed by atoms with Crippen LogP contribution in [0.2, 0.25) is 0 Å². The van der Waals surface area contributed by atoms with Crippen molar-refractivity contribution in [3.8, 4) is 0 Å². The maximum atomic E-state index is 12.9. The van der Waals surface area contributed by atoms with Gasteiger partial charge in [-0.1, -0.05) is 0 Å². The summed E-state index contributed by atoms with van der Waals surface area (Å²) < 4.78 is 9.34. The van der Waals surface area contributed by atoms with Gasteiger partial charge in [0.15, 0.2) is 5.78 Å². The van der Waals surface area contributed by atoms with Gasteiger partial charge in [-0.2, -0.15) is 0 Å². The Morgan fingerprint density at radius 1 is 1.00 bits per heavy atom. The Kier molecular flexibility index (Phi) is 5.76. The minimum Gasteiger partial charge on any atom is -0.465 e. The third-order valence-electron chi connectivity index (χ3n) is 4.84. The number of allylic oxidation sites excluding steroid dienone is 1. The fourth-order valence-corrected chi connectivity index (χ4v) is 3.53. The van der Waals surface area contributed by atoms with Crippen LogP contribution < -0.4 is 10.6 Å². The van der Waals surface area contributed by atoms with E-state index in [1.165, 1.54) is 32.4 Å². The molecule has 0 bridgehead atoms. The fraction of sp³-hybridized carbons (Fsp3) is 0.350. The zero-order valence-corrected chi connectivity index (χ0v) is 16.0. The molecule has 2 amide bonds. The molecular weight excluding hydrogens is 380 g/mol. The average Bonchev–Trinajstić information content (AvgIpc) is 2.71. The van der Waals surface area contributed by atoms with Crippen molar-refractivity contribution >= 4 is 35.2 Å². The predicted octanol–water partition coefficient (Wildman–Crippen LogP) is 1.34. The molecule has 1 aliphatic carbocycles. The van der Waals surface area contributed by atoms with Crippen molar-refractivity contribution in [2.45, 2.75) is 25.7 Å². The number of methoxy groups -OCH3 is 2. The van der Waals surface area contributed by atoms with Crippen LogP contribution in [0.15, 0.2) is 29.5 Å². The second-order valence-corrected chi connectivity index (χ2v) is 6.75. The quantitative estimate of drug-likeness (QED) is 0.730. The zero-order valence-electron chi connectivity index (χ0n) is 16.0. The third kappa shape index (κ3) is 4.18. The number of hydrogen-bond acceptors (Lipinski definition) is 7. The molecule has 0 unspecified atom stereocenters. The van der Waals surface area contributed by atoms with Crippen LogP contribution in [-0.2, 0) is 23.9 Å². The van der Waals surface area contributed by atoms with Gasteiger partial charge in [-0.15, -0.1) is 0 Å². The zero-order chi connectivity index (χ0) is 21.1. The monoisotopic (exact) mass is 400 g/mol. The molecule has 29 heavy (non-hydrogen) atoms. The van der Waals surface area contributed by atoms with E-state index in [1.54, 1.807) is 0 Å². The normalized spacial score (nSPS) is 18.5. The Labute approximate surface area is 166 Å². The van der Waals surface area contributed by atoms with Gasteiger partial charge in [0.1, 0.15) is 0 Å². The van der Waals surface area contributed by atoms with Gasteiger partial charge in [0, 0.05) is 29.8 Å². The van der Waals surface area contributed by atoms with Gasteiger partial charge in [0.2, 0.25) is 11.8 Å². The van der Waals surface area contributed by atoms with Crippen LogP contribution in [0.3, 0.4) is 0 Å². The van der Waals surface area contributed by atoms with E-state index >= 15 is 0 Å². The first kappa shape index (κ1) is 20.2. The lowest BCUT2D eigenvalue weighted by molar-refractivity contribution is -0.128. The molecule has 1 atom stereocenters. The second-order valence-electron chi connectivity index (χ2n) is 6.75. The highest BCUT2D eigenvalue weighted by Crippen LogP contribution is 2.32. The SMILES string of the molecule is COC(=O)c1cc(NC(=O)[C@@H]2CC(=O)NC3=C2C(=O)CCC3)cc(C(=O)OC)c1. The van der Waals surface area contributed by atoms with Crippen LogP contribution in [0, 0.1) is 5.92 Å². The standard InChI is InChI=1S/C20H20N2O7/c1-28-19(26)10-6-11(20(27)29-2)8-12(7-10)21-18(25)13-9-16(24)22-14-4-3-5-15(23)17(13)14/h6-8,13H,3-5,9H2,1-2H3,(H,21,25)(H,22,24)/t13-/m1/s1. The lowest BCUT2D eigenvalue weighted by Gasteiger charge is -2.30. The van der Waals surface area contributed by atoms with E-state index < -0.39 is 23.8 Å². The van der Waals surface area contributed by atoms with Crippen molar-refractivity contribution in [3.63, 3.8) is 0 Å². The highest BCUT2D eigenvalue weighted by atomic mass is 16.5. The van der Waals surface area contributed by atoms with Crippen LogP contribution in [0.25, 0.3) is 0 Å². The lowest BCUT2D eigenvalue weighted by atomic mass is 9.81. The van der Waals surface area contributed by atoms with Crippen molar-refractivity contribution in [1.29, 1.82) is 0 Å². The van der Waals surface area contributed by atoms with E-state index in [1.807, 2.05) is 0 Å². The van der Waals surface area contributed by atoms with Gasteiger partial charge in [-0.25, -0.2) is 9.59 Å². The molecule has 1 aromatic rings. The Morgan fingerprint density at radius 2 is 1.62 bits per heavy atom. The summed E-state index contributed by atoms with van der Waals surface area (Å²) in [5.41, 5.74) is 1.05. The van der Waals surface area contributed by atoms with Crippen LogP contribution in [0.5, 0.6) is 0 Å². The number of hydrogen-bond donors (Lipinski definition) is 2. The van der Waals surface area contributed by atoms with Crippen LogP contribution in [0.4, 0.5) is 5.69 Å². The molecule has 1 aromatic carbocycles. The van der Waals surface area contributed by atoms with Crippen molar-refractivity contribution < 1.29 is 33.4 Å². The molecule has 3 rings (SSSR count). The number of benzene rings is 1. The van der Waals surface area contributed by atoms with Gasteiger partial charge in [-0.3, -0.25) is 14.4 Å². The second kappa shape index (κ2) is 8.26. The van der Waals surface area contributed by atoms with Gasteiger partial charge < -0.3 is 20.1 Å². The Bertz CT molecular complexity index is 914. The molecule has 1 aliphatic heterocycles. The summed E-state index contributed by atoms with van der Waals surface area (Å²) in [7, 11) is 2.38. The predicted molar refractivity (Wildman–Crippen MR) is 99.9 cm³/mol. The highest BCUT2D eigenvalue weighted by Gasteiger charge is 2.38. The molecular formula is C20H20N2O7. The van der Waals surface area contributed by atoms with Crippen molar-refractivity contribution in [1.82, 2.24) is 5.32 Å². The van der Waals surface area contributed by atoms with Crippen molar-refractivity contribution in [3.05, 3.63) is 40.6 Å². The van der Waals surface area contributed by atoms with Crippen LogP contribution in [0.1, 0.15) is 46.4 Å². The molecule has 0 fully saturated rings. The number of carbonyl (C=O) groups excluding carboxylic acids is 5. The largest absolute Gasteiger partial charge is 0.465 e. The summed E-state index contributed by atoms with van der Waals surface area (Å²) in [6.07, 6.45) is 1.32. The van der Waals surface area contributed by atoms with E-state index in [2.05, 4.69) is 20.1 Å². The summed E-state index contributed by atoms with van der Waals surface area (Å²) in [6.45, 7) is 0. The summed E-state index contributed by atoms with van der Waals surface area (Å²) >= 11 is 0. The minimum absolute atomic E-state index is 0.0423. The number of nitrogens with one attached hydrogen (secondary N) is 2. The summed E-state index contributed by atoms with van der Waals surface area (Å²) in [6, 6.07) is 3.97. The molecule has 9 nitrogen and oxygen atoms in total. The summed E-state index contributed by atoms with van der Waals surface area (Å²) in [5, 5.41) is 5.28.